The molecule has 3 heterocycles. The maximum Gasteiger partial charge on any atom is 0.238 e. The van der Waals surface area contributed by atoms with Gasteiger partial charge < -0.3 is 4.57 Å². The van der Waals surface area contributed by atoms with E-state index in [0.717, 1.165) is 44.1 Å². The van der Waals surface area contributed by atoms with Crippen LogP contribution < -0.4 is 0 Å². The zero-order valence-corrected chi connectivity index (χ0v) is 26.4. The second kappa shape index (κ2) is 11.4. The Morgan fingerprint density at radius 1 is 0.380 bits per heavy atom. The monoisotopic (exact) mass is 647 g/mol. The van der Waals surface area contributed by atoms with Crippen molar-refractivity contribution < 1.29 is 11.0 Å². The molecule has 0 aliphatic rings. The van der Waals surface area contributed by atoms with Gasteiger partial charge in [0, 0.05) is 38.4 Å². The molecule has 3 aromatic heterocycles. The minimum absolute atomic E-state index is 0.0373. The quantitative estimate of drug-likeness (QED) is 0.187. The van der Waals surface area contributed by atoms with Gasteiger partial charge in [-0.3, -0.25) is 4.57 Å². The summed E-state index contributed by atoms with van der Waals surface area (Å²) >= 11 is 0. The van der Waals surface area contributed by atoms with Crippen LogP contribution in [0.5, 0.6) is 0 Å². The predicted molar refractivity (Wildman–Crippen MR) is 205 cm³/mol. The second-order valence-electron chi connectivity index (χ2n) is 11.9. The molecule has 0 aliphatic heterocycles. The van der Waals surface area contributed by atoms with Crippen LogP contribution in [0.4, 0.5) is 0 Å². The first kappa shape index (κ1) is 21.2. The highest BCUT2D eigenvalue weighted by atomic mass is 15.2. The summed E-state index contributed by atoms with van der Waals surface area (Å²) in [6.45, 7) is 0. The zero-order chi connectivity index (χ0) is 40.0. The van der Waals surface area contributed by atoms with Crippen LogP contribution in [0.2, 0.25) is 0 Å². The zero-order valence-electron chi connectivity index (χ0n) is 34.4. The fourth-order valence-electron chi connectivity index (χ4n) is 6.76. The van der Waals surface area contributed by atoms with Gasteiger partial charge in [0.25, 0.3) is 0 Å². The lowest BCUT2D eigenvalue weighted by molar-refractivity contribution is 0.953. The molecule has 0 spiro atoms. The fraction of sp³-hybridized carbons (Fsp3) is 0. The Morgan fingerprint density at radius 2 is 0.900 bits per heavy atom. The Balaban J connectivity index is 1.12. The molecule has 50 heavy (non-hydrogen) atoms. The van der Waals surface area contributed by atoms with E-state index in [1.807, 2.05) is 97.1 Å². The summed E-state index contributed by atoms with van der Waals surface area (Å²) in [6.07, 6.45) is 0. The maximum absolute atomic E-state index is 8.88. The number of nitrogens with zero attached hydrogens (tertiary/aromatic N) is 5. The van der Waals surface area contributed by atoms with Gasteiger partial charge >= 0.3 is 0 Å². The van der Waals surface area contributed by atoms with Crippen molar-refractivity contribution in [2.75, 3.05) is 0 Å². The van der Waals surface area contributed by atoms with E-state index in [1.165, 1.54) is 4.57 Å². The third-order valence-corrected chi connectivity index (χ3v) is 9.05. The Hall–Kier alpha value is -6.85. The van der Waals surface area contributed by atoms with Crippen molar-refractivity contribution in [1.29, 1.82) is 0 Å². The molecule has 10 aromatic rings. The SMILES string of the molecule is [2H]c1c([2H])c([2H])c2c(c1[2H])c1c([2H])c([2H])c([2H])c([2H])c1n2-c1cccc(-c2ccc(-c3nc(-c4ccccc4)nc(-n4c5ccccc5c5ccccc54)n3)cc2)c1. The molecule has 0 atom stereocenters. The molecule has 10 rings (SSSR count). The van der Waals surface area contributed by atoms with Gasteiger partial charge in [-0.15, -0.1) is 0 Å². The van der Waals surface area contributed by atoms with Crippen molar-refractivity contribution in [3.05, 3.63) is 176 Å². The van der Waals surface area contributed by atoms with E-state index >= 15 is 0 Å². The van der Waals surface area contributed by atoms with E-state index < -0.39 is 24.2 Å². The first-order valence-corrected chi connectivity index (χ1v) is 16.1. The van der Waals surface area contributed by atoms with Crippen molar-refractivity contribution in [2.24, 2.45) is 0 Å². The van der Waals surface area contributed by atoms with Crippen LogP contribution in [-0.2, 0) is 0 Å². The van der Waals surface area contributed by atoms with Gasteiger partial charge in [-0.05, 0) is 47.5 Å². The molecule has 0 fully saturated rings. The Morgan fingerprint density at radius 3 is 1.54 bits per heavy atom. The molecule has 5 heteroatoms. The Bertz CT molecular complexity index is 3190. The second-order valence-corrected chi connectivity index (χ2v) is 11.9. The number of hydrogen-bond acceptors (Lipinski definition) is 3. The molecule has 0 bridgehead atoms. The van der Waals surface area contributed by atoms with Gasteiger partial charge in [0.2, 0.25) is 5.95 Å². The molecule has 0 radical (unpaired) electrons. The minimum Gasteiger partial charge on any atom is -0.309 e. The average Bonchev–Trinajstić information content (AvgIpc) is 3.81. The van der Waals surface area contributed by atoms with Gasteiger partial charge in [0.05, 0.1) is 33.0 Å². The molecule has 0 saturated carbocycles. The summed E-state index contributed by atoms with van der Waals surface area (Å²) in [7, 11) is 0. The lowest BCUT2D eigenvalue weighted by Gasteiger charge is -2.12. The van der Waals surface area contributed by atoms with Gasteiger partial charge in [0.1, 0.15) is 0 Å². The third-order valence-electron chi connectivity index (χ3n) is 9.05. The number of hydrogen-bond donors (Lipinski definition) is 0. The lowest BCUT2D eigenvalue weighted by Crippen LogP contribution is -2.06. The van der Waals surface area contributed by atoms with Crippen molar-refractivity contribution in [3.8, 4) is 45.5 Å². The van der Waals surface area contributed by atoms with Gasteiger partial charge in [0.15, 0.2) is 11.6 Å². The molecule has 234 valence electrons. The standard InChI is InChI=1S/C45H29N5/c1-2-13-31(14-3-1)43-46-44(48-45(47-43)50-41-23-10-6-19-37(41)38-20-7-11-24-42(38)50)32-27-25-30(26-28-32)33-15-12-16-34(29-33)49-39-21-8-4-17-35(39)36-18-5-9-22-40(36)49/h1-29H/i4D,5D,8D,9D,17D,18D,21D,22D. The number of aromatic nitrogens is 5. The summed E-state index contributed by atoms with van der Waals surface area (Å²) in [6, 6.07) is 38.0. The molecule has 7 aromatic carbocycles. The van der Waals surface area contributed by atoms with Crippen LogP contribution in [-0.4, -0.2) is 24.1 Å². The first-order chi connectivity index (χ1) is 28.1. The number of para-hydroxylation sites is 4. The molecule has 0 saturated heterocycles. The van der Waals surface area contributed by atoms with Crippen LogP contribution in [0.3, 0.4) is 0 Å². The fourth-order valence-corrected chi connectivity index (χ4v) is 6.76. The van der Waals surface area contributed by atoms with E-state index in [2.05, 4.69) is 28.8 Å². The van der Waals surface area contributed by atoms with Crippen molar-refractivity contribution in [2.45, 2.75) is 0 Å². The van der Waals surface area contributed by atoms with Crippen LogP contribution in [0, 0.1) is 0 Å². The average molecular weight is 648 g/mol. The van der Waals surface area contributed by atoms with Crippen LogP contribution in [0.25, 0.3) is 89.2 Å². The van der Waals surface area contributed by atoms with Crippen molar-refractivity contribution >= 4 is 43.6 Å². The first-order valence-electron chi connectivity index (χ1n) is 20.1. The molecule has 0 N–H and O–H groups in total. The van der Waals surface area contributed by atoms with Crippen molar-refractivity contribution in [1.82, 2.24) is 24.1 Å². The van der Waals surface area contributed by atoms with E-state index in [4.69, 9.17) is 25.9 Å². The molecule has 0 aliphatic carbocycles. The highest BCUT2D eigenvalue weighted by Crippen LogP contribution is 2.35. The highest BCUT2D eigenvalue weighted by molar-refractivity contribution is 6.10. The summed E-state index contributed by atoms with van der Waals surface area (Å²) < 4.78 is 72.5. The Kier molecular flexibility index (Phi) is 4.83. The third kappa shape index (κ3) is 4.52. The van der Waals surface area contributed by atoms with Crippen LogP contribution in [0.15, 0.2) is 176 Å². The Labute approximate surface area is 299 Å². The van der Waals surface area contributed by atoms with E-state index in [9.17, 15) is 0 Å². The van der Waals surface area contributed by atoms with E-state index in [-0.39, 0.29) is 46.0 Å². The van der Waals surface area contributed by atoms with Gasteiger partial charge in [-0.25, -0.2) is 4.98 Å². The number of rotatable bonds is 5. The summed E-state index contributed by atoms with van der Waals surface area (Å²) in [5.41, 5.74) is 5.78. The maximum atomic E-state index is 8.88. The van der Waals surface area contributed by atoms with E-state index in [1.54, 1.807) is 6.07 Å². The van der Waals surface area contributed by atoms with Gasteiger partial charge in [-0.1, -0.05) is 139 Å². The molecule has 0 unspecified atom stereocenters. The largest absolute Gasteiger partial charge is 0.309 e. The van der Waals surface area contributed by atoms with E-state index in [0.29, 0.717) is 23.3 Å². The highest BCUT2D eigenvalue weighted by Gasteiger charge is 2.18. The minimum atomic E-state index is -0.478. The lowest BCUT2D eigenvalue weighted by atomic mass is 10.0. The normalized spacial score (nSPS) is 13.8. The number of fused-ring (bicyclic) bond motifs is 6. The number of benzene rings is 7. The van der Waals surface area contributed by atoms with Crippen molar-refractivity contribution in [3.63, 3.8) is 0 Å². The van der Waals surface area contributed by atoms with Crippen LogP contribution in [0.1, 0.15) is 11.0 Å². The molecule has 0 amide bonds. The smallest absolute Gasteiger partial charge is 0.238 e. The topological polar surface area (TPSA) is 48.5 Å². The van der Waals surface area contributed by atoms with Crippen LogP contribution >= 0.6 is 0 Å². The summed E-state index contributed by atoms with van der Waals surface area (Å²) in [5, 5.41) is 2.26. The molecule has 5 nitrogen and oxygen atoms in total. The summed E-state index contributed by atoms with van der Waals surface area (Å²) in [5.74, 6) is 1.50. The predicted octanol–water partition coefficient (Wildman–Crippen LogP) is 11.1. The molecular formula is C45H29N5. The molecular weight excluding hydrogens is 611 g/mol. The summed E-state index contributed by atoms with van der Waals surface area (Å²) in [4.78, 5) is 15.0. The van der Waals surface area contributed by atoms with Gasteiger partial charge in [-0.2, -0.15) is 9.97 Å².